The number of nitro groups is 1. The highest BCUT2D eigenvalue weighted by Crippen LogP contribution is 2.27. The average Bonchev–Trinajstić information content (AvgIpc) is 3.31. The van der Waals surface area contributed by atoms with Crippen LogP contribution in [0.4, 0.5) is 5.69 Å². The Hall–Kier alpha value is -3.62. The molecule has 0 radical (unpaired) electrons. The number of aromatic nitrogens is 2. The van der Waals surface area contributed by atoms with Crippen molar-refractivity contribution in [2.24, 2.45) is 0 Å². The van der Waals surface area contributed by atoms with Crippen LogP contribution in [0, 0.1) is 24.0 Å². The molecule has 0 saturated heterocycles. The van der Waals surface area contributed by atoms with Crippen LogP contribution in [0.2, 0.25) is 0 Å². The highest BCUT2D eigenvalue weighted by Gasteiger charge is 2.20. The lowest BCUT2D eigenvalue weighted by molar-refractivity contribution is -0.386. The summed E-state index contributed by atoms with van der Waals surface area (Å²) in [4.78, 5) is 24.9. The molecule has 0 aliphatic carbocycles. The molecule has 0 aliphatic rings. The number of rotatable bonds is 8. The van der Waals surface area contributed by atoms with E-state index in [1.54, 1.807) is 36.2 Å². The van der Waals surface area contributed by atoms with Gasteiger partial charge in [-0.3, -0.25) is 19.6 Å². The van der Waals surface area contributed by atoms with Gasteiger partial charge in [0.05, 0.1) is 10.6 Å². The van der Waals surface area contributed by atoms with Crippen LogP contribution < -0.4 is 4.74 Å². The normalized spacial score (nSPS) is 10.8. The summed E-state index contributed by atoms with van der Waals surface area (Å²) in [6.07, 6.45) is 0. The molecule has 0 saturated carbocycles. The first kappa shape index (κ1) is 21.1. The average molecular weight is 412 g/mol. The largest absolute Gasteiger partial charge is 0.479 e. The molecule has 3 aromatic rings. The molecular weight excluding hydrogens is 388 g/mol. The molecule has 0 fully saturated rings. The van der Waals surface area contributed by atoms with E-state index in [4.69, 9.17) is 9.15 Å². The number of benzene rings is 1. The van der Waals surface area contributed by atoms with Gasteiger partial charge in [-0.25, -0.2) is 0 Å². The maximum atomic E-state index is 12.8. The number of ether oxygens (including phenoxy) is 1. The third kappa shape index (κ3) is 4.35. The smallest absolute Gasteiger partial charge is 0.310 e. The van der Waals surface area contributed by atoms with Gasteiger partial charge in [0.25, 0.3) is 5.91 Å². The van der Waals surface area contributed by atoms with E-state index in [0.29, 0.717) is 12.3 Å². The van der Waals surface area contributed by atoms with Crippen LogP contribution in [0.1, 0.15) is 40.2 Å². The van der Waals surface area contributed by atoms with Crippen molar-refractivity contribution < 1.29 is 18.9 Å². The number of nitro benzene ring substituents is 1. The monoisotopic (exact) mass is 412 g/mol. The molecule has 158 valence electrons. The summed E-state index contributed by atoms with van der Waals surface area (Å²) < 4.78 is 13.0. The fraction of sp³-hybridized carbons (Fsp3) is 0.333. The SMILES string of the molecule is CCn1nc(C)c(CN(C)C(=O)c2ccc(COc3ccccc3[N+](=O)[O-])o2)c1C. The number of amides is 1. The van der Waals surface area contributed by atoms with E-state index in [1.807, 2.05) is 25.5 Å². The van der Waals surface area contributed by atoms with Gasteiger partial charge < -0.3 is 14.1 Å². The molecule has 1 amide bonds. The summed E-state index contributed by atoms with van der Waals surface area (Å²) >= 11 is 0. The van der Waals surface area contributed by atoms with Crippen LogP contribution >= 0.6 is 0 Å². The topological polar surface area (TPSA) is 104 Å². The third-order valence-corrected chi connectivity index (χ3v) is 4.88. The Morgan fingerprint density at radius 2 is 2.00 bits per heavy atom. The number of nitrogens with zero attached hydrogens (tertiary/aromatic N) is 4. The standard InChI is InChI=1S/C21H24N4O5/c1-5-24-15(3)17(14(2)22-24)12-23(4)21(26)20-11-10-16(30-20)13-29-19-9-7-6-8-18(19)25(27)28/h6-11H,5,12-13H2,1-4H3. The Morgan fingerprint density at radius 3 is 2.67 bits per heavy atom. The van der Waals surface area contributed by atoms with Gasteiger partial charge >= 0.3 is 5.69 Å². The molecule has 30 heavy (non-hydrogen) atoms. The molecule has 0 bridgehead atoms. The first-order valence-corrected chi connectivity index (χ1v) is 9.55. The van der Waals surface area contributed by atoms with Gasteiger partial charge in [0.1, 0.15) is 12.4 Å². The van der Waals surface area contributed by atoms with Gasteiger partial charge in [-0.15, -0.1) is 0 Å². The van der Waals surface area contributed by atoms with Crippen LogP contribution in [0.3, 0.4) is 0 Å². The molecule has 0 spiro atoms. The van der Waals surface area contributed by atoms with Gasteiger partial charge in [-0.05, 0) is 39.0 Å². The predicted molar refractivity (Wildman–Crippen MR) is 109 cm³/mol. The Morgan fingerprint density at radius 1 is 1.27 bits per heavy atom. The molecule has 2 heterocycles. The number of hydrogen-bond acceptors (Lipinski definition) is 6. The number of carbonyl (C=O) groups excluding carboxylic acids is 1. The summed E-state index contributed by atoms with van der Waals surface area (Å²) in [7, 11) is 1.70. The third-order valence-electron chi connectivity index (χ3n) is 4.88. The number of hydrogen-bond donors (Lipinski definition) is 0. The predicted octanol–water partition coefficient (Wildman–Crippen LogP) is 3.87. The van der Waals surface area contributed by atoms with E-state index in [2.05, 4.69) is 5.10 Å². The van der Waals surface area contributed by atoms with Gasteiger partial charge in [-0.1, -0.05) is 12.1 Å². The minimum absolute atomic E-state index is 0.0245. The molecule has 1 aromatic carbocycles. The minimum Gasteiger partial charge on any atom is -0.479 e. The fourth-order valence-electron chi connectivity index (χ4n) is 3.22. The van der Waals surface area contributed by atoms with Crippen LogP contribution in [-0.2, 0) is 19.7 Å². The first-order valence-electron chi connectivity index (χ1n) is 9.55. The molecule has 0 aliphatic heterocycles. The molecule has 2 aromatic heterocycles. The first-order chi connectivity index (χ1) is 14.3. The Labute approximate surface area is 174 Å². The lowest BCUT2D eigenvalue weighted by Gasteiger charge is -2.16. The van der Waals surface area contributed by atoms with E-state index in [-0.39, 0.29) is 29.7 Å². The second-order valence-electron chi connectivity index (χ2n) is 6.91. The minimum atomic E-state index is -0.508. The molecule has 0 atom stereocenters. The molecule has 9 nitrogen and oxygen atoms in total. The maximum absolute atomic E-state index is 12.8. The Bertz CT molecular complexity index is 1070. The zero-order chi connectivity index (χ0) is 21.8. The summed E-state index contributed by atoms with van der Waals surface area (Å²) in [6, 6.07) is 9.30. The van der Waals surface area contributed by atoms with Gasteiger partial charge in [0.2, 0.25) is 0 Å². The van der Waals surface area contributed by atoms with Crippen molar-refractivity contribution in [2.75, 3.05) is 7.05 Å². The van der Waals surface area contributed by atoms with E-state index < -0.39 is 4.92 Å². The zero-order valence-electron chi connectivity index (χ0n) is 17.4. The van der Waals surface area contributed by atoms with Gasteiger partial charge in [0, 0.05) is 37.5 Å². The molecule has 0 N–H and O–H groups in total. The van der Waals surface area contributed by atoms with Gasteiger partial charge in [-0.2, -0.15) is 5.10 Å². The molecule has 9 heteroatoms. The Kier molecular flexibility index (Phi) is 6.20. The summed E-state index contributed by atoms with van der Waals surface area (Å²) in [5.41, 5.74) is 2.82. The number of para-hydroxylation sites is 2. The van der Waals surface area contributed by atoms with Crippen molar-refractivity contribution in [3.63, 3.8) is 0 Å². The Balaban J connectivity index is 1.66. The van der Waals surface area contributed by atoms with Crippen molar-refractivity contribution in [2.45, 2.75) is 40.5 Å². The van der Waals surface area contributed by atoms with Crippen LogP contribution in [0.5, 0.6) is 5.75 Å². The van der Waals surface area contributed by atoms with Gasteiger partial charge in [0.15, 0.2) is 11.5 Å². The summed E-state index contributed by atoms with van der Waals surface area (Å²) in [6.45, 7) is 7.10. The molecule has 3 rings (SSSR count). The van der Waals surface area contributed by atoms with Crippen LogP contribution in [-0.4, -0.2) is 32.6 Å². The van der Waals surface area contributed by atoms with Crippen molar-refractivity contribution >= 4 is 11.6 Å². The second kappa shape index (κ2) is 8.81. The van der Waals surface area contributed by atoms with Crippen molar-refractivity contribution in [1.82, 2.24) is 14.7 Å². The summed E-state index contributed by atoms with van der Waals surface area (Å²) in [5.74, 6) is 0.450. The highest BCUT2D eigenvalue weighted by molar-refractivity contribution is 5.91. The fourth-order valence-corrected chi connectivity index (χ4v) is 3.22. The van der Waals surface area contributed by atoms with E-state index in [1.165, 1.54) is 12.1 Å². The molecular formula is C21H24N4O5. The van der Waals surface area contributed by atoms with E-state index in [0.717, 1.165) is 23.5 Å². The number of carbonyl (C=O) groups is 1. The highest BCUT2D eigenvalue weighted by atomic mass is 16.6. The van der Waals surface area contributed by atoms with E-state index in [9.17, 15) is 14.9 Å². The second-order valence-corrected chi connectivity index (χ2v) is 6.91. The van der Waals surface area contributed by atoms with Crippen LogP contribution in [0.15, 0.2) is 40.8 Å². The number of furan rings is 1. The van der Waals surface area contributed by atoms with Crippen molar-refractivity contribution in [1.29, 1.82) is 0 Å². The zero-order valence-corrected chi connectivity index (χ0v) is 17.4. The quantitative estimate of drug-likeness (QED) is 0.411. The maximum Gasteiger partial charge on any atom is 0.310 e. The summed E-state index contributed by atoms with van der Waals surface area (Å²) in [5, 5.41) is 15.5. The molecule has 0 unspecified atom stereocenters. The number of aryl methyl sites for hydroxylation is 2. The van der Waals surface area contributed by atoms with Crippen LogP contribution in [0.25, 0.3) is 0 Å². The van der Waals surface area contributed by atoms with E-state index >= 15 is 0 Å². The van der Waals surface area contributed by atoms with Crippen molar-refractivity contribution in [3.05, 3.63) is 75.0 Å². The van der Waals surface area contributed by atoms with Crippen molar-refractivity contribution in [3.8, 4) is 5.75 Å². The lowest BCUT2D eigenvalue weighted by Crippen LogP contribution is -2.26. The lowest BCUT2D eigenvalue weighted by atomic mass is 10.2.